The summed E-state index contributed by atoms with van der Waals surface area (Å²) in [6.45, 7) is 0.786. The number of hydrogen-bond donors (Lipinski definition) is 2. The van der Waals surface area contributed by atoms with Crippen molar-refractivity contribution >= 4 is 21.5 Å². The van der Waals surface area contributed by atoms with Crippen molar-refractivity contribution in [2.75, 3.05) is 6.61 Å². The molecular formula is C23H21NO. The van der Waals surface area contributed by atoms with Crippen LogP contribution >= 0.6 is 0 Å². The van der Waals surface area contributed by atoms with Gasteiger partial charge in [0.2, 0.25) is 0 Å². The van der Waals surface area contributed by atoms with Crippen molar-refractivity contribution in [3.8, 4) is 0 Å². The second-order valence-corrected chi connectivity index (χ2v) is 6.32. The number of fused-ring (bicyclic) bond motifs is 2. The molecule has 0 aromatic heterocycles. The summed E-state index contributed by atoms with van der Waals surface area (Å²) in [5, 5.41) is 18.4. The van der Waals surface area contributed by atoms with Crippen LogP contribution in [0.1, 0.15) is 17.2 Å². The Bertz CT molecular complexity index is 940. The minimum atomic E-state index is -0.0704. The second-order valence-electron chi connectivity index (χ2n) is 6.32. The molecule has 0 amide bonds. The smallest absolute Gasteiger partial charge is 0.0626 e. The standard InChI is InChI=1S/C23H21NO/c25-16-23(17-8-2-1-3-9-17)24-15-22-20-12-6-4-10-18(20)14-19-11-5-7-13-21(19)22/h1-14,23-25H,15-16H2/t23-/m1/s1. The summed E-state index contributed by atoms with van der Waals surface area (Å²) in [6, 6.07) is 29.3. The van der Waals surface area contributed by atoms with Gasteiger partial charge in [-0.3, -0.25) is 0 Å². The summed E-state index contributed by atoms with van der Waals surface area (Å²) >= 11 is 0. The highest BCUT2D eigenvalue weighted by molar-refractivity contribution is 6.02. The quantitative estimate of drug-likeness (QED) is 0.515. The predicted octanol–water partition coefficient (Wildman–Crippen LogP) is 4.82. The Balaban J connectivity index is 1.74. The van der Waals surface area contributed by atoms with Gasteiger partial charge >= 0.3 is 0 Å². The molecule has 1 atom stereocenters. The van der Waals surface area contributed by atoms with E-state index < -0.39 is 0 Å². The first kappa shape index (κ1) is 15.8. The molecule has 2 heteroatoms. The van der Waals surface area contributed by atoms with E-state index in [-0.39, 0.29) is 12.6 Å². The molecule has 4 rings (SSSR count). The Hall–Kier alpha value is -2.68. The molecule has 2 N–H and O–H groups in total. The van der Waals surface area contributed by atoms with Crippen molar-refractivity contribution in [1.29, 1.82) is 0 Å². The predicted molar refractivity (Wildman–Crippen MR) is 105 cm³/mol. The first-order valence-electron chi connectivity index (χ1n) is 8.65. The van der Waals surface area contributed by atoms with E-state index >= 15 is 0 Å². The molecular weight excluding hydrogens is 306 g/mol. The zero-order valence-electron chi connectivity index (χ0n) is 14.0. The van der Waals surface area contributed by atoms with Gasteiger partial charge in [-0.15, -0.1) is 0 Å². The van der Waals surface area contributed by atoms with E-state index in [1.165, 1.54) is 27.1 Å². The van der Waals surface area contributed by atoms with Gasteiger partial charge < -0.3 is 10.4 Å². The molecule has 0 saturated heterocycles. The Kier molecular flexibility index (Phi) is 4.47. The molecule has 4 aromatic rings. The van der Waals surface area contributed by atoms with Gasteiger partial charge in [0.15, 0.2) is 0 Å². The lowest BCUT2D eigenvalue weighted by Gasteiger charge is -2.19. The molecule has 4 aromatic carbocycles. The fourth-order valence-corrected chi connectivity index (χ4v) is 3.50. The van der Waals surface area contributed by atoms with E-state index in [1.807, 2.05) is 18.2 Å². The largest absolute Gasteiger partial charge is 0.394 e. The lowest BCUT2D eigenvalue weighted by molar-refractivity contribution is 0.244. The summed E-state index contributed by atoms with van der Waals surface area (Å²) < 4.78 is 0. The highest BCUT2D eigenvalue weighted by Gasteiger charge is 2.12. The van der Waals surface area contributed by atoms with Crippen LogP contribution in [0.2, 0.25) is 0 Å². The number of aliphatic hydroxyl groups is 1. The molecule has 0 aliphatic carbocycles. The molecule has 0 aliphatic rings. The second kappa shape index (κ2) is 7.06. The fourth-order valence-electron chi connectivity index (χ4n) is 3.50. The van der Waals surface area contributed by atoms with Crippen molar-refractivity contribution in [3.63, 3.8) is 0 Å². The van der Waals surface area contributed by atoms with E-state index in [1.54, 1.807) is 0 Å². The van der Waals surface area contributed by atoms with Gasteiger partial charge in [0.25, 0.3) is 0 Å². The summed E-state index contributed by atoms with van der Waals surface area (Å²) in [4.78, 5) is 0. The molecule has 2 nitrogen and oxygen atoms in total. The maximum Gasteiger partial charge on any atom is 0.0626 e. The summed E-state index contributed by atoms with van der Waals surface area (Å²) in [6.07, 6.45) is 0. The zero-order valence-corrected chi connectivity index (χ0v) is 14.0. The minimum Gasteiger partial charge on any atom is -0.394 e. The summed E-state index contributed by atoms with van der Waals surface area (Å²) in [5.41, 5.74) is 2.39. The number of aliphatic hydroxyl groups excluding tert-OH is 1. The van der Waals surface area contributed by atoms with Gasteiger partial charge in [0, 0.05) is 6.54 Å². The maximum atomic E-state index is 9.82. The lowest BCUT2D eigenvalue weighted by atomic mass is 9.96. The van der Waals surface area contributed by atoms with Crippen LogP contribution < -0.4 is 5.32 Å². The third-order valence-corrected chi connectivity index (χ3v) is 4.79. The lowest BCUT2D eigenvalue weighted by Crippen LogP contribution is -2.24. The molecule has 0 heterocycles. The average molecular weight is 327 g/mol. The molecule has 0 fully saturated rings. The van der Waals surface area contributed by atoms with Crippen LogP contribution in [-0.4, -0.2) is 11.7 Å². The van der Waals surface area contributed by atoms with E-state index in [9.17, 15) is 5.11 Å². The normalized spacial score (nSPS) is 12.5. The SMILES string of the molecule is OC[C@@H](NCc1c2ccccc2cc2ccccc12)c1ccccc1. The summed E-state index contributed by atoms with van der Waals surface area (Å²) in [7, 11) is 0. The molecule has 0 unspecified atom stereocenters. The molecule has 0 saturated carbocycles. The molecule has 0 aliphatic heterocycles. The first-order chi connectivity index (χ1) is 12.4. The van der Waals surface area contributed by atoms with Crippen LogP contribution in [0.3, 0.4) is 0 Å². The van der Waals surface area contributed by atoms with Crippen LogP contribution in [-0.2, 0) is 6.54 Å². The molecule has 0 bridgehead atoms. The van der Waals surface area contributed by atoms with Crippen LogP contribution in [0.4, 0.5) is 0 Å². The molecule has 0 spiro atoms. The Labute approximate surface area is 147 Å². The molecule has 0 radical (unpaired) electrons. The van der Waals surface area contributed by atoms with Crippen LogP contribution in [0.25, 0.3) is 21.5 Å². The van der Waals surface area contributed by atoms with Gasteiger partial charge in [-0.25, -0.2) is 0 Å². The third-order valence-electron chi connectivity index (χ3n) is 4.79. The van der Waals surface area contributed by atoms with E-state index in [4.69, 9.17) is 0 Å². The highest BCUT2D eigenvalue weighted by atomic mass is 16.3. The Morgan fingerprint density at radius 2 is 1.28 bits per heavy atom. The van der Waals surface area contributed by atoms with Crippen molar-refractivity contribution < 1.29 is 5.11 Å². The van der Waals surface area contributed by atoms with Gasteiger partial charge in [-0.2, -0.15) is 0 Å². The van der Waals surface area contributed by atoms with Gasteiger partial charge in [-0.1, -0.05) is 78.9 Å². The van der Waals surface area contributed by atoms with Gasteiger partial charge in [0.1, 0.15) is 0 Å². The van der Waals surface area contributed by atoms with E-state index in [0.717, 1.165) is 5.56 Å². The van der Waals surface area contributed by atoms with Crippen molar-refractivity contribution in [3.05, 3.63) is 96.1 Å². The zero-order chi connectivity index (χ0) is 17.1. The molecule has 25 heavy (non-hydrogen) atoms. The Morgan fingerprint density at radius 1 is 0.720 bits per heavy atom. The number of benzene rings is 4. The minimum absolute atomic E-state index is 0.0704. The maximum absolute atomic E-state index is 9.82. The fraction of sp³-hybridized carbons (Fsp3) is 0.130. The monoisotopic (exact) mass is 327 g/mol. The Morgan fingerprint density at radius 3 is 1.88 bits per heavy atom. The average Bonchev–Trinajstić information content (AvgIpc) is 2.68. The first-order valence-corrected chi connectivity index (χ1v) is 8.65. The third kappa shape index (κ3) is 3.14. The highest BCUT2D eigenvalue weighted by Crippen LogP contribution is 2.29. The summed E-state index contributed by atoms with van der Waals surface area (Å²) in [5.74, 6) is 0. The van der Waals surface area contributed by atoms with Gasteiger partial charge in [0.05, 0.1) is 12.6 Å². The van der Waals surface area contributed by atoms with Gasteiger partial charge in [-0.05, 0) is 38.7 Å². The topological polar surface area (TPSA) is 32.3 Å². The van der Waals surface area contributed by atoms with Crippen molar-refractivity contribution in [2.45, 2.75) is 12.6 Å². The van der Waals surface area contributed by atoms with E-state index in [2.05, 4.69) is 72.0 Å². The van der Waals surface area contributed by atoms with Crippen LogP contribution in [0.5, 0.6) is 0 Å². The number of rotatable bonds is 5. The molecule has 124 valence electrons. The van der Waals surface area contributed by atoms with E-state index in [0.29, 0.717) is 6.54 Å². The number of nitrogens with one attached hydrogen (secondary N) is 1. The number of hydrogen-bond acceptors (Lipinski definition) is 2. The van der Waals surface area contributed by atoms with Crippen molar-refractivity contribution in [1.82, 2.24) is 5.32 Å². The van der Waals surface area contributed by atoms with Crippen LogP contribution in [0, 0.1) is 0 Å². The van der Waals surface area contributed by atoms with Crippen molar-refractivity contribution in [2.24, 2.45) is 0 Å². The van der Waals surface area contributed by atoms with Crippen LogP contribution in [0.15, 0.2) is 84.9 Å².